The molecular formula is C17H29NO4. The van der Waals surface area contributed by atoms with Crippen molar-refractivity contribution in [3.63, 3.8) is 0 Å². The fraction of sp³-hybridized carbons (Fsp3) is 0.647. The standard InChI is InChI=1S/C9H10O4.C8H19N/c1-9(8(12)13)4-2-3-6(5-9)7(10)11;1-2-3-4-5-6-7-8-9/h2-4H,5H2,1H3,(H,10,11)(H,12,13);2-9H2,1H3. The molecule has 0 bridgehead atoms. The molecule has 22 heavy (non-hydrogen) atoms. The minimum Gasteiger partial charge on any atom is -0.481 e. The van der Waals surface area contributed by atoms with Gasteiger partial charge in [-0.2, -0.15) is 0 Å². The van der Waals surface area contributed by atoms with Gasteiger partial charge < -0.3 is 15.9 Å². The van der Waals surface area contributed by atoms with Crippen molar-refractivity contribution in [2.24, 2.45) is 11.1 Å². The summed E-state index contributed by atoms with van der Waals surface area (Å²) in [4.78, 5) is 21.3. The summed E-state index contributed by atoms with van der Waals surface area (Å²) < 4.78 is 0. The van der Waals surface area contributed by atoms with Crippen molar-refractivity contribution < 1.29 is 19.8 Å². The van der Waals surface area contributed by atoms with Crippen LogP contribution in [0.15, 0.2) is 23.8 Å². The summed E-state index contributed by atoms with van der Waals surface area (Å²) in [7, 11) is 0. The van der Waals surface area contributed by atoms with Gasteiger partial charge in [0.2, 0.25) is 0 Å². The average Bonchev–Trinajstić information content (AvgIpc) is 2.48. The van der Waals surface area contributed by atoms with Gasteiger partial charge in [0.15, 0.2) is 0 Å². The highest BCUT2D eigenvalue weighted by atomic mass is 16.4. The lowest BCUT2D eigenvalue weighted by Gasteiger charge is -2.23. The lowest BCUT2D eigenvalue weighted by molar-refractivity contribution is -0.145. The maximum atomic E-state index is 10.8. The van der Waals surface area contributed by atoms with Crippen LogP contribution < -0.4 is 5.73 Å². The highest BCUT2D eigenvalue weighted by molar-refractivity contribution is 5.90. The SMILES string of the molecule is CC1(C(=O)O)C=CC=C(C(=O)O)C1.CCCCCCCCN. The van der Waals surface area contributed by atoms with Crippen molar-refractivity contribution in [3.05, 3.63) is 23.8 Å². The van der Waals surface area contributed by atoms with E-state index in [4.69, 9.17) is 15.9 Å². The van der Waals surface area contributed by atoms with Crippen molar-refractivity contribution in [2.75, 3.05) is 6.54 Å². The van der Waals surface area contributed by atoms with Crippen LogP contribution >= 0.6 is 0 Å². The van der Waals surface area contributed by atoms with Crippen LogP contribution in [0.1, 0.15) is 58.8 Å². The number of allylic oxidation sites excluding steroid dienone is 2. The van der Waals surface area contributed by atoms with Crippen LogP contribution in [0.2, 0.25) is 0 Å². The second-order valence-corrected chi connectivity index (χ2v) is 5.81. The number of carboxylic acid groups (broad SMARTS) is 2. The molecular weight excluding hydrogens is 282 g/mol. The van der Waals surface area contributed by atoms with Crippen LogP contribution in [-0.2, 0) is 9.59 Å². The summed E-state index contributed by atoms with van der Waals surface area (Å²) in [6, 6.07) is 0. The van der Waals surface area contributed by atoms with Gasteiger partial charge in [0.25, 0.3) is 0 Å². The van der Waals surface area contributed by atoms with Crippen molar-refractivity contribution in [3.8, 4) is 0 Å². The fourth-order valence-electron chi connectivity index (χ4n) is 2.11. The first-order chi connectivity index (χ1) is 10.4. The topological polar surface area (TPSA) is 101 Å². The van der Waals surface area contributed by atoms with Crippen molar-refractivity contribution in [1.82, 2.24) is 0 Å². The number of nitrogens with two attached hydrogens (primary N) is 1. The summed E-state index contributed by atoms with van der Waals surface area (Å²) >= 11 is 0. The average molecular weight is 311 g/mol. The Bertz CT molecular complexity index is 409. The van der Waals surface area contributed by atoms with E-state index in [2.05, 4.69) is 6.92 Å². The predicted molar refractivity (Wildman–Crippen MR) is 87.6 cm³/mol. The molecule has 0 aromatic carbocycles. The Morgan fingerprint density at radius 2 is 1.77 bits per heavy atom. The molecule has 0 fully saturated rings. The summed E-state index contributed by atoms with van der Waals surface area (Å²) in [5.41, 5.74) is 4.39. The predicted octanol–water partition coefficient (Wildman–Crippen LogP) is 3.35. The number of hydrogen-bond donors (Lipinski definition) is 3. The quantitative estimate of drug-likeness (QED) is 0.597. The van der Waals surface area contributed by atoms with Crippen LogP contribution in [0.5, 0.6) is 0 Å². The number of unbranched alkanes of at least 4 members (excludes halogenated alkanes) is 5. The van der Waals surface area contributed by atoms with Gasteiger partial charge in [0.1, 0.15) is 0 Å². The normalized spacial score (nSPS) is 19.9. The first-order valence-electron chi connectivity index (χ1n) is 7.92. The molecule has 1 unspecified atom stereocenters. The third kappa shape index (κ3) is 7.98. The molecule has 1 aliphatic carbocycles. The first kappa shape index (κ1) is 20.4. The van der Waals surface area contributed by atoms with Crippen LogP contribution in [0.4, 0.5) is 0 Å². The maximum Gasteiger partial charge on any atom is 0.331 e. The smallest absolute Gasteiger partial charge is 0.331 e. The molecule has 0 aromatic heterocycles. The van der Waals surface area contributed by atoms with Crippen LogP contribution in [0.3, 0.4) is 0 Å². The molecule has 0 aliphatic heterocycles. The van der Waals surface area contributed by atoms with E-state index in [1.165, 1.54) is 63.7 Å². The lowest BCUT2D eigenvalue weighted by Crippen LogP contribution is -2.28. The number of carbonyl (C=O) groups is 2. The zero-order valence-corrected chi connectivity index (χ0v) is 13.7. The third-order valence-corrected chi connectivity index (χ3v) is 3.64. The molecule has 5 heteroatoms. The van der Waals surface area contributed by atoms with E-state index in [0.717, 1.165) is 6.54 Å². The van der Waals surface area contributed by atoms with Gasteiger partial charge >= 0.3 is 11.9 Å². The van der Waals surface area contributed by atoms with E-state index in [0.29, 0.717) is 0 Å². The second kappa shape index (κ2) is 11.0. The summed E-state index contributed by atoms with van der Waals surface area (Å²) in [5, 5.41) is 17.5. The fourth-order valence-corrected chi connectivity index (χ4v) is 2.11. The Balaban J connectivity index is 0.000000433. The molecule has 1 atom stereocenters. The molecule has 126 valence electrons. The minimum absolute atomic E-state index is 0.0359. The third-order valence-electron chi connectivity index (χ3n) is 3.64. The molecule has 0 saturated heterocycles. The Morgan fingerprint density at radius 1 is 1.18 bits per heavy atom. The molecule has 0 saturated carbocycles. The number of carboxylic acids is 2. The van der Waals surface area contributed by atoms with Gasteiger partial charge in [-0.3, -0.25) is 4.79 Å². The molecule has 5 nitrogen and oxygen atoms in total. The van der Waals surface area contributed by atoms with Crippen molar-refractivity contribution >= 4 is 11.9 Å². The largest absolute Gasteiger partial charge is 0.481 e. The zero-order valence-electron chi connectivity index (χ0n) is 13.7. The molecule has 1 rings (SSSR count). The van der Waals surface area contributed by atoms with Gasteiger partial charge in [0.05, 0.1) is 5.41 Å². The van der Waals surface area contributed by atoms with E-state index in [1.807, 2.05) is 0 Å². The molecule has 1 aliphatic rings. The van der Waals surface area contributed by atoms with Crippen molar-refractivity contribution in [1.29, 1.82) is 0 Å². The lowest BCUT2D eigenvalue weighted by atomic mass is 9.80. The number of hydrogen-bond acceptors (Lipinski definition) is 3. The Kier molecular flexibility index (Phi) is 10.2. The van der Waals surface area contributed by atoms with E-state index >= 15 is 0 Å². The maximum absolute atomic E-state index is 10.8. The van der Waals surface area contributed by atoms with Gasteiger partial charge in [0, 0.05) is 5.57 Å². The summed E-state index contributed by atoms with van der Waals surface area (Å²) in [6.45, 7) is 4.61. The van der Waals surface area contributed by atoms with Crippen LogP contribution in [-0.4, -0.2) is 28.7 Å². The van der Waals surface area contributed by atoms with Gasteiger partial charge in [-0.05, 0) is 26.3 Å². The van der Waals surface area contributed by atoms with Crippen molar-refractivity contribution in [2.45, 2.75) is 58.8 Å². The highest BCUT2D eigenvalue weighted by Gasteiger charge is 2.34. The summed E-state index contributed by atoms with van der Waals surface area (Å²) in [5.74, 6) is -2.06. The molecule has 0 spiro atoms. The minimum atomic E-state index is -1.08. The first-order valence-corrected chi connectivity index (χ1v) is 7.92. The second-order valence-electron chi connectivity index (χ2n) is 5.81. The number of aliphatic carboxylic acids is 2. The summed E-state index contributed by atoms with van der Waals surface area (Å²) in [6.07, 6.45) is 12.5. The van der Waals surface area contributed by atoms with Crippen LogP contribution in [0.25, 0.3) is 0 Å². The Morgan fingerprint density at radius 3 is 2.27 bits per heavy atom. The monoisotopic (exact) mass is 311 g/mol. The van der Waals surface area contributed by atoms with E-state index < -0.39 is 17.4 Å². The zero-order chi connectivity index (χ0) is 17.0. The molecule has 0 heterocycles. The molecule has 0 amide bonds. The number of rotatable bonds is 8. The van der Waals surface area contributed by atoms with Gasteiger partial charge in [-0.15, -0.1) is 0 Å². The van der Waals surface area contributed by atoms with E-state index in [9.17, 15) is 9.59 Å². The Hall–Kier alpha value is -1.62. The van der Waals surface area contributed by atoms with E-state index in [-0.39, 0.29) is 12.0 Å². The van der Waals surface area contributed by atoms with Crippen LogP contribution in [0, 0.1) is 5.41 Å². The van der Waals surface area contributed by atoms with Gasteiger partial charge in [-0.1, -0.05) is 57.3 Å². The molecule has 4 N–H and O–H groups in total. The Labute approximate surface area is 132 Å². The molecule has 0 radical (unpaired) electrons. The van der Waals surface area contributed by atoms with Gasteiger partial charge in [-0.25, -0.2) is 4.79 Å². The van der Waals surface area contributed by atoms with E-state index in [1.54, 1.807) is 0 Å². The molecule has 0 aromatic rings. The highest BCUT2D eigenvalue weighted by Crippen LogP contribution is 2.31.